The van der Waals surface area contributed by atoms with E-state index in [-0.39, 0.29) is 11.5 Å². The predicted molar refractivity (Wildman–Crippen MR) is 137 cm³/mol. The number of carbonyl (C=O) groups excluding carboxylic acids is 1. The largest absolute Gasteiger partial charge is 0.493 e. The van der Waals surface area contributed by atoms with Crippen molar-refractivity contribution in [1.82, 2.24) is 0 Å². The zero-order valence-corrected chi connectivity index (χ0v) is 20.1. The number of ether oxygens (including phenoxy) is 3. The standard InChI is InChI=1S/C29H20O8/c1-15-10-23-18(13-22(15)37-29(31)25-12-17-7-5-9-21(33-3)28(17)36-25)19(14-26(30)34-23)24-11-16-6-4-8-20(32-2)27(16)35-24/h4-14H,1-3H3. The Hall–Kier alpha value is -4.98. The van der Waals surface area contributed by atoms with Gasteiger partial charge >= 0.3 is 11.6 Å². The Kier molecular flexibility index (Phi) is 5.22. The van der Waals surface area contributed by atoms with Crippen LogP contribution in [0, 0.1) is 6.92 Å². The van der Waals surface area contributed by atoms with Crippen LogP contribution in [0.5, 0.6) is 17.2 Å². The average Bonchev–Trinajstić information content (AvgIpc) is 3.53. The molecule has 0 saturated heterocycles. The molecule has 0 bridgehead atoms. The summed E-state index contributed by atoms with van der Waals surface area (Å²) in [4.78, 5) is 25.4. The summed E-state index contributed by atoms with van der Waals surface area (Å²) >= 11 is 0. The van der Waals surface area contributed by atoms with Crippen molar-refractivity contribution < 1.29 is 32.3 Å². The summed E-state index contributed by atoms with van der Waals surface area (Å²) in [6.45, 7) is 1.75. The minimum Gasteiger partial charge on any atom is -0.493 e. The molecule has 0 amide bonds. The molecule has 0 N–H and O–H groups in total. The van der Waals surface area contributed by atoms with E-state index in [1.807, 2.05) is 30.3 Å². The molecule has 8 nitrogen and oxygen atoms in total. The van der Waals surface area contributed by atoms with Gasteiger partial charge < -0.3 is 27.5 Å². The Morgan fingerprint density at radius 3 is 2.14 bits per heavy atom. The number of benzene rings is 3. The maximum Gasteiger partial charge on any atom is 0.379 e. The number of furan rings is 2. The van der Waals surface area contributed by atoms with Gasteiger partial charge in [-0.15, -0.1) is 0 Å². The predicted octanol–water partition coefficient (Wildman–Crippen LogP) is 6.50. The SMILES string of the molecule is COc1cccc2cc(C(=O)Oc3cc4c(-c5cc6cccc(OC)c6o5)cc(=O)oc4cc3C)oc12. The molecule has 0 aliphatic heterocycles. The highest BCUT2D eigenvalue weighted by Gasteiger charge is 2.20. The number of hydrogen-bond acceptors (Lipinski definition) is 8. The van der Waals surface area contributed by atoms with Crippen LogP contribution in [0.15, 0.2) is 84.8 Å². The summed E-state index contributed by atoms with van der Waals surface area (Å²) in [6, 6.07) is 19.0. The molecule has 6 rings (SSSR count). The van der Waals surface area contributed by atoms with Gasteiger partial charge in [0.1, 0.15) is 17.1 Å². The number of esters is 1. The van der Waals surface area contributed by atoms with E-state index in [0.717, 1.165) is 5.39 Å². The van der Waals surface area contributed by atoms with E-state index in [9.17, 15) is 9.59 Å². The molecule has 3 aromatic heterocycles. The number of hydrogen-bond donors (Lipinski definition) is 0. The van der Waals surface area contributed by atoms with Crippen molar-refractivity contribution in [3.8, 4) is 28.6 Å². The summed E-state index contributed by atoms with van der Waals surface area (Å²) in [5.41, 5.74) is 1.91. The van der Waals surface area contributed by atoms with E-state index in [1.165, 1.54) is 13.2 Å². The Morgan fingerprint density at radius 1 is 0.757 bits per heavy atom. The fourth-order valence-electron chi connectivity index (χ4n) is 4.38. The summed E-state index contributed by atoms with van der Waals surface area (Å²) in [5, 5.41) is 2.07. The quantitative estimate of drug-likeness (QED) is 0.151. The zero-order valence-electron chi connectivity index (χ0n) is 20.1. The summed E-state index contributed by atoms with van der Waals surface area (Å²) in [5.74, 6) is 1.18. The maximum absolute atomic E-state index is 13.0. The van der Waals surface area contributed by atoms with Gasteiger partial charge in [-0.25, -0.2) is 9.59 Å². The topological polar surface area (TPSA) is 101 Å². The van der Waals surface area contributed by atoms with Gasteiger partial charge in [0.25, 0.3) is 0 Å². The highest BCUT2D eigenvalue weighted by atomic mass is 16.5. The lowest BCUT2D eigenvalue weighted by atomic mass is 10.0. The highest BCUT2D eigenvalue weighted by Crippen LogP contribution is 2.38. The van der Waals surface area contributed by atoms with Gasteiger partial charge in [0, 0.05) is 27.8 Å². The first kappa shape index (κ1) is 22.5. The second-order valence-corrected chi connectivity index (χ2v) is 8.46. The maximum atomic E-state index is 13.0. The molecule has 0 aliphatic rings. The third-order valence-electron chi connectivity index (χ3n) is 6.17. The fourth-order valence-corrected chi connectivity index (χ4v) is 4.38. The van der Waals surface area contributed by atoms with Gasteiger partial charge in [-0.3, -0.25) is 0 Å². The van der Waals surface area contributed by atoms with Gasteiger partial charge in [0.05, 0.1) is 14.2 Å². The van der Waals surface area contributed by atoms with Crippen LogP contribution < -0.4 is 19.8 Å². The first-order chi connectivity index (χ1) is 17.9. The van der Waals surface area contributed by atoms with Gasteiger partial charge in [-0.1, -0.05) is 24.3 Å². The van der Waals surface area contributed by atoms with Crippen molar-refractivity contribution in [3.63, 3.8) is 0 Å². The Bertz CT molecular complexity index is 1890. The van der Waals surface area contributed by atoms with E-state index in [0.29, 0.717) is 55.9 Å². The van der Waals surface area contributed by atoms with Crippen molar-refractivity contribution in [3.05, 3.63) is 88.5 Å². The number of para-hydroxylation sites is 2. The lowest BCUT2D eigenvalue weighted by molar-refractivity contribution is 0.0702. The van der Waals surface area contributed by atoms with Crippen LogP contribution in [-0.2, 0) is 0 Å². The van der Waals surface area contributed by atoms with E-state index in [2.05, 4.69) is 0 Å². The van der Waals surface area contributed by atoms with Crippen molar-refractivity contribution in [1.29, 1.82) is 0 Å². The zero-order chi connectivity index (χ0) is 25.7. The van der Waals surface area contributed by atoms with Crippen molar-refractivity contribution in [2.24, 2.45) is 0 Å². The summed E-state index contributed by atoms with van der Waals surface area (Å²) < 4.78 is 33.7. The van der Waals surface area contributed by atoms with E-state index in [4.69, 9.17) is 27.5 Å². The molecule has 0 spiro atoms. The number of rotatable bonds is 5. The van der Waals surface area contributed by atoms with E-state index >= 15 is 0 Å². The number of methoxy groups -OCH3 is 2. The Labute approximate surface area is 209 Å². The molecule has 3 aromatic carbocycles. The molecule has 3 heterocycles. The second-order valence-electron chi connectivity index (χ2n) is 8.46. The second kappa shape index (κ2) is 8.60. The Morgan fingerprint density at radius 2 is 1.43 bits per heavy atom. The van der Waals surface area contributed by atoms with Crippen molar-refractivity contribution >= 4 is 38.9 Å². The lowest BCUT2D eigenvalue weighted by Gasteiger charge is -2.09. The molecule has 0 fully saturated rings. The van der Waals surface area contributed by atoms with Crippen molar-refractivity contribution in [2.45, 2.75) is 6.92 Å². The monoisotopic (exact) mass is 496 g/mol. The molecular formula is C29H20O8. The minimum absolute atomic E-state index is 0.0307. The Balaban J connectivity index is 1.44. The van der Waals surface area contributed by atoms with Gasteiger partial charge in [0.15, 0.2) is 22.7 Å². The van der Waals surface area contributed by atoms with Gasteiger partial charge in [0.2, 0.25) is 5.76 Å². The molecule has 37 heavy (non-hydrogen) atoms. The molecule has 0 atom stereocenters. The van der Waals surface area contributed by atoms with E-state index < -0.39 is 11.6 Å². The number of fused-ring (bicyclic) bond motifs is 3. The number of aryl methyl sites for hydroxylation is 1. The molecule has 8 heteroatoms. The van der Waals surface area contributed by atoms with E-state index in [1.54, 1.807) is 44.4 Å². The normalized spacial score (nSPS) is 11.3. The van der Waals surface area contributed by atoms with Crippen LogP contribution in [0.3, 0.4) is 0 Å². The van der Waals surface area contributed by atoms with Crippen LogP contribution in [0.2, 0.25) is 0 Å². The molecular weight excluding hydrogens is 476 g/mol. The molecule has 0 radical (unpaired) electrons. The smallest absolute Gasteiger partial charge is 0.379 e. The molecule has 0 unspecified atom stereocenters. The van der Waals surface area contributed by atoms with Crippen molar-refractivity contribution in [2.75, 3.05) is 14.2 Å². The van der Waals surface area contributed by atoms with Crippen LogP contribution in [-0.4, -0.2) is 20.2 Å². The number of carbonyl (C=O) groups is 1. The average molecular weight is 496 g/mol. The fraction of sp³-hybridized carbons (Fsp3) is 0.103. The first-order valence-electron chi connectivity index (χ1n) is 11.4. The van der Waals surface area contributed by atoms with Crippen LogP contribution in [0.25, 0.3) is 44.2 Å². The highest BCUT2D eigenvalue weighted by molar-refractivity contribution is 5.98. The lowest BCUT2D eigenvalue weighted by Crippen LogP contribution is -2.08. The first-order valence-corrected chi connectivity index (χ1v) is 11.4. The van der Waals surface area contributed by atoms with Gasteiger partial charge in [-0.05, 0) is 48.9 Å². The molecule has 184 valence electrons. The molecule has 6 aromatic rings. The van der Waals surface area contributed by atoms with Gasteiger partial charge in [-0.2, -0.15) is 0 Å². The minimum atomic E-state index is -0.673. The molecule has 0 aliphatic carbocycles. The third kappa shape index (κ3) is 3.79. The van der Waals surface area contributed by atoms with Crippen LogP contribution in [0.4, 0.5) is 0 Å². The summed E-state index contributed by atoms with van der Waals surface area (Å²) in [7, 11) is 3.09. The third-order valence-corrected chi connectivity index (χ3v) is 6.17. The molecule has 0 saturated carbocycles. The van der Waals surface area contributed by atoms with Crippen LogP contribution in [0.1, 0.15) is 16.1 Å². The van der Waals surface area contributed by atoms with Crippen LogP contribution >= 0.6 is 0 Å². The summed E-state index contributed by atoms with van der Waals surface area (Å²) in [6.07, 6.45) is 0.